The van der Waals surface area contributed by atoms with Gasteiger partial charge in [-0.3, -0.25) is 14.6 Å². The van der Waals surface area contributed by atoms with Gasteiger partial charge in [0.25, 0.3) is 5.91 Å². The van der Waals surface area contributed by atoms with E-state index < -0.39 is 0 Å². The Balaban J connectivity index is 0.000000603. The van der Waals surface area contributed by atoms with Crippen molar-refractivity contribution in [2.75, 3.05) is 26.4 Å². The molecule has 0 saturated heterocycles. The molecule has 0 aliphatic heterocycles. The molecule has 1 aliphatic carbocycles. The van der Waals surface area contributed by atoms with Crippen molar-refractivity contribution in [3.8, 4) is 0 Å². The number of carbonyl (C=O) groups is 2. The summed E-state index contributed by atoms with van der Waals surface area (Å²) in [5.74, 6) is 1.01. The first-order valence-corrected chi connectivity index (χ1v) is 10.8. The third kappa shape index (κ3) is 11.7. The summed E-state index contributed by atoms with van der Waals surface area (Å²) in [5, 5.41) is 2.75. The van der Waals surface area contributed by atoms with Crippen molar-refractivity contribution < 1.29 is 20.5 Å². The summed E-state index contributed by atoms with van der Waals surface area (Å²) in [7, 11) is 0. The smallest absolute Gasteiger partial charge is 0.252 e. The Morgan fingerprint density at radius 2 is 1.86 bits per heavy atom. The van der Waals surface area contributed by atoms with Crippen LogP contribution in [-0.2, 0) is 14.3 Å². The average molecular weight is 409 g/mol. The molecule has 2 rings (SSSR count). The Bertz CT molecular complexity index is 576. The molecule has 0 bridgehead atoms. The largest absolute Gasteiger partial charge is 0.377 e. The molecule has 1 fully saturated rings. The number of carbonyl (C=O) groups excluding carboxylic acids is 2. The Morgan fingerprint density at radius 3 is 2.45 bits per heavy atom. The number of nitrogens with zero attached hydrogens (tertiary/aromatic N) is 1. The lowest BCUT2D eigenvalue weighted by molar-refractivity contribution is -0.126. The van der Waals surface area contributed by atoms with Crippen molar-refractivity contribution in [3.63, 3.8) is 0 Å². The van der Waals surface area contributed by atoms with Crippen molar-refractivity contribution in [1.29, 1.82) is 0 Å². The Hall–Kier alpha value is -1.79. The molecule has 0 unspecified atom stereocenters. The molecule has 166 valence electrons. The molecule has 1 amide bonds. The highest BCUT2D eigenvalue weighted by Crippen LogP contribution is 2.26. The van der Waals surface area contributed by atoms with Gasteiger partial charge < -0.3 is 14.8 Å². The molecular weight excluding hydrogens is 368 g/mol. The van der Waals surface area contributed by atoms with Crippen LogP contribution in [0.2, 0.25) is 0 Å². The summed E-state index contributed by atoms with van der Waals surface area (Å²) in [6, 6.07) is 3.45. The van der Waals surface area contributed by atoms with Gasteiger partial charge in [0.05, 0.1) is 31.5 Å². The van der Waals surface area contributed by atoms with Crippen molar-refractivity contribution in [3.05, 3.63) is 30.1 Å². The van der Waals surface area contributed by atoms with Crippen LogP contribution in [0.3, 0.4) is 0 Å². The second-order valence-electron chi connectivity index (χ2n) is 7.92. The second-order valence-corrected chi connectivity index (χ2v) is 7.92. The molecule has 1 aliphatic rings. The maximum absolute atomic E-state index is 11.6. The van der Waals surface area contributed by atoms with Gasteiger partial charge in [0.1, 0.15) is 5.78 Å². The minimum Gasteiger partial charge on any atom is -0.377 e. The molecular formula is C23H40N2O4. The van der Waals surface area contributed by atoms with Crippen LogP contribution < -0.4 is 5.32 Å². The highest BCUT2D eigenvalue weighted by molar-refractivity contribution is 5.93. The molecule has 1 heterocycles. The zero-order chi connectivity index (χ0) is 21.5. The van der Waals surface area contributed by atoms with E-state index in [1.165, 1.54) is 25.5 Å². The van der Waals surface area contributed by atoms with E-state index in [-0.39, 0.29) is 19.4 Å². The van der Waals surface area contributed by atoms with E-state index in [1.54, 1.807) is 18.3 Å². The van der Waals surface area contributed by atoms with Crippen LogP contribution in [0.1, 0.15) is 71.6 Å². The summed E-state index contributed by atoms with van der Waals surface area (Å²) in [5.41, 5.74) is 0.556. The van der Waals surface area contributed by atoms with E-state index in [0.717, 1.165) is 12.8 Å². The van der Waals surface area contributed by atoms with Crippen LogP contribution in [-0.4, -0.2) is 49.1 Å². The fourth-order valence-corrected chi connectivity index (χ4v) is 3.14. The lowest BCUT2D eigenvalue weighted by Gasteiger charge is -2.21. The van der Waals surface area contributed by atoms with Gasteiger partial charge in [-0.1, -0.05) is 33.1 Å². The van der Waals surface area contributed by atoms with Crippen molar-refractivity contribution in [2.45, 2.75) is 65.9 Å². The first-order chi connectivity index (χ1) is 13.9. The molecule has 6 nitrogen and oxygen atoms in total. The lowest BCUT2D eigenvalue weighted by atomic mass is 9.83. The number of hydrogen-bond donors (Lipinski definition) is 1. The lowest BCUT2D eigenvalue weighted by Crippen LogP contribution is -2.27. The number of ether oxygens (including phenoxy) is 2. The molecule has 1 saturated carbocycles. The molecule has 29 heavy (non-hydrogen) atoms. The number of aromatic nitrogens is 1. The summed E-state index contributed by atoms with van der Waals surface area (Å²) in [6.45, 7) is 10.1. The van der Waals surface area contributed by atoms with E-state index in [2.05, 4.69) is 10.3 Å². The van der Waals surface area contributed by atoms with Gasteiger partial charge in [0, 0.05) is 32.2 Å². The zero-order valence-electron chi connectivity index (χ0n) is 18.5. The molecule has 0 atom stereocenters. The van der Waals surface area contributed by atoms with E-state index in [9.17, 15) is 9.59 Å². The Morgan fingerprint density at radius 1 is 1.14 bits per heavy atom. The number of rotatable bonds is 10. The molecule has 1 aromatic heterocycles. The number of nitrogens with one attached hydrogen (secondary N) is 1. The predicted octanol–water partition coefficient (Wildman–Crippen LogP) is 4.29. The molecule has 1 N–H and O–H groups in total. The van der Waals surface area contributed by atoms with Crippen molar-refractivity contribution in [1.82, 2.24) is 10.3 Å². The highest BCUT2D eigenvalue weighted by atomic mass is 16.5. The Kier molecular flexibility index (Phi) is 13.1. The maximum Gasteiger partial charge on any atom is 0.252 e. The SMILES string of the molecule is CC(C)C(=O)C1CCCCC1.CC(C)OCCOCCNC(=O)c1cccnc1.[HH]. The minimum atomic E-state index is -0.134. The quantitative estimate of drug-likeness (QED) is 0.584. The fraction of sp³-hybridized carbons (Fsp3) is 0.696. The highest BCUT2D eigenvalue weighted by Gasteiger charge is 2.22. The second kappa shape index (κ2) is 15.1. The predicted molar refractivity (Wildman–Crippen MR) is 117 cm³/mol. The molecule has 0 aromatic carbocycles. The number of amides is 1. The zero-order valence-corrected chi connectivity index (χ0v) is 18.5. The maximum atomic E-state index is 11.6. The Labute approximate surface area is 177 Å². The van der Waals surface area contributed by atoms with Crippen LogP contribution in [0.4, 0.5) is 0 Å². The van der Waals surface area contributed by atoms with Crippen LogP contribution in [0.25, 0.3) is 0 Å². The number of pyridine rings is 1. The average Bonchev–Trinajstić information content (AvgIpc) is 2.73. The van der Waals surface area contributed by atoms with Crippen LogP contribution >= 0.6 is 0 Å². The van der Waals surface area contributed by atoms with Crippen LogP contribution in [0.5, 0.6) is 0 Å². The topological polar surface area (TPSA) is 77.5 Å². The summed E-state index contributed by atoms with van der Waals surface area (Å²) >= 11 is 0. The first-order valence-electron chi connectivity index (χ1n) is 10.8. The molecule has 0 spiro atoms. The van der Waals surface area contributed by atoms with Gasteiger partial charge in [-0.05, 0) is 38.8 Å². The van der Waals surface area contributed by atoms with Crippen molar-refractivity contribution in [2.24, 2.45) is 11.8 Å². The monoisotopic (exact) mass is 408 g/mol. The van der Waals surface area contributed by atoms with Gasteiger partial charge in [-0.2, -0.15) is 0 Å². The van der Waals surface area contributed by atoms with Gasteiger partial charge in [0.2, 0.25) is 0 Å². The fourth-order valence-electron chi connectivity index (χ4n) is 3.14. The van der Waals surface area contributed by atoms with Crippen LogP contribution in [0, 0.1) is 11.8 Å². The van der Waals surface area contributed by atoms with E-state index in [4.69, 9.17) is 9.47 Å². The summed E-state index contributed by atoms with van der Waals surface area (Å²) in [6.07, 6.45) is 9.56. The number of Topliss-reactive ketones (excluding diaryl/α,β-unsaturated/α-hetero) is 1. The van der Waals surface area contributed by atoms with Gasteiger partial charge in [0.15, 0.2) is 0 Å². The number of ketones is 1. The van der Waals surface area contributed by atoms with Crippen LogP contribution in [0.15, 0.2) is 24.5 Å². The molecule has 1 aromatic rings. The third-order valence-electron chi connectivity index (χ3n) is 4.71. The van der Waals surface area contributed by atoms with E-state index in [0.29, 0.717) is 43.6 Å². The van der Waals surface area contributed by atoms with Gasteiger partial charge >= 0.3 is 0 Å². The summed E-state index contributed by atoms with van der Waals surface area (Å²) in [4.78, 5) is 27.0. The summed E-state index contributed by atoms with van der Waals surface area (Å²) < 4.78 is 10.6. The third-order valence-corrected chi connectivity index (χ3v) is 4.71. The van der Waals surface area contributed by atoms with E-state index >= 15 is 0 Å². The van der Waals surface area contributed by atoms with Crippen molar-refractivity contribution >= 4 is 11.7 Å². The van der Waals surface area contributed by atoms with Gasteiger partial charge in [-0.15, -0.1) is 0 Å². The standard InChI is InChI=1S/C13H20N2O3.C10H18O.H2/c1-11(2)18-9-8-17-7-6-15-13(16)12-4-3-5-14-10-12;1-8(2)10(11)9-6-4-3-5-7-9;/h3-5,10-11H,6-9H2,1-2H3,(H,15,16);8-9H,3-7H2,1-2H3;1H. The molecule has 0 radical (unpaired) electrons. The minimum absolute atomic E-state index is 0. The normalized spacial score (nSPS) is 14.4. The molecule has 6 heteroatoms. The van der Waals surface area contributed by atoms with Gasteiger partial charge in [-0.25, -0.2) is 0 Å². The first kappa shape index (κ1) is 25.2. The number of hydrogen-bond acceptors (Lipinski definition) is 5. The van der Waals surface area contributed by atoms with E-state index in [1.807, 2.05) is 27.7 Å².